The van der Waals surface area contributed by atoms with Crippen molar-refractivity contribution < 1.29 is 0 Å². The van der Waals surface area contributed by atoms with Gasteiger partial charge in [0.2, 0.25) is 0 Å². The summed E-state index contributed by atoms with van der Waals surface area (Å²) in [6, 6.07) is 58.5. The van der Waals surface area contributed by atoms with Crippen LogP contribution in [0.15, 0.2) is 164 Å². The van der Waals surface area contributed by atoms with E-state index in [4.69, 9.17) is 9.97 Å². The quantitative estimate of drug-likeness (QED) is 0.190. The van der Waals surface area contributed by atoms with E-state index >= 15 is 0 Å². The molecule has 0 aliphatic rings. The summed E-state index contributed by atoms with van der Waals surface area (Å²) in [5, 5.41) is 9.97. The fourth-order valence-electron chi connectivity index (χ4n) is 7.34. The van der Waals surface area contributed by atoms with Gasteiger partial charge < -0.3 is 0 Å². The Balaban J connectivity index is 1.19. The third-order valence-corrected chi connectivity index (χ3v) is 9.55. The molecule has 47 heavy (non-hydrogen) atoms. The second-order valence-electron chi connectivity index (χ2n) is 12.2. The van der Waals surface area contributed by atoms with Crippen molar-refractivity contribution in [2.45, 2.75) is 0 Å². The lowest BCUT2D eigenvalue weighted by Gasteiger charge is -2.12. The van der Waals surface area contributed by atoms with Crippen LogP contribution in [0.1, 0.15) is 0 Å². The Labute approximate surface area is 271 Å². The molecule has 0 saturated heterocycles. The Bertz CT molecular complexity index is 2830. The highest BCUT2D eigenvalue weighted by atomic mass is 15.0. The van der Waals surface area contributed by atoms with E-state index in [0.717, 1.165) is 50.3 Å². The summed E-state index contributed by atoms with van der Waals surface area (Å²) in [7, 11) is 0. The number of pyridine rings is 2. The third-order valence-electron chi connectivity index (χ3n) is 9.55. The smallest absolute Gasteiger partial charge is 0.145 e. The molecule has 3 heteroatoms. The summed E-state index contributed by atoms with van der Waals surface area (Å²) in [5.74, 6) is 0.904. The maximum absolute atomic E-state index is 5.35. The zero-order valence-corrected chi connectivity index (χ0v) is 25.4. The number of aromatic nitrogens is 3. The second-order valence-corrected chi connectivity index (χ2v) is 12.2. The molecule has 0 radical (unpaired) electrons. The van der Waals surface area contributed by atoms with Gasteiger partial charge in [-0.3, -0.25) is 4.40 Å². The summed E-state index contributed by atoms with van der Waals surface area (Å²) >= 11 is 0. The highest BCUT2D eigenvalue weighted by Gasteiger charge is 2.18. The average Bonchev–Trinajstić information content (AvgIpc) is 3.55. The Morgan fingerprint density at radius 1 is 0.362 bits per heavy atom. The molecule has 0 spiro atoms. The summed E-state index contributed by atoms with van der Waals surface area (Å²) in [4.78, 5) is 10.4. The molecule has 0 aliphatic carbocycles. The van der Waals surface area contributed by atoms with E-state index in [0.29, 0.717) is 0 Å². The van der Waals surface area contributed by atoms with Crippen molar-refractivity contribution in [3.63, 3.8) is 0 Å². The number of benzene rings is 7. The van der Waals surface area contributed by atoms with Gasteiger partial charge in [-0.25, -0.2) is 9.97 Å². The largest absolute Gasteiger partial charge is 0.292 e. The van der Waals surface area contributed by atoms with Crippen molar-refractivity contribution in [3.05, 3.63) is 164 Å². The first-order valence-corrected chi connectivity index (χ1v) is 16.0. The monoisotopic (exact) mass is 597 g/mol. The zero-order chi connectivity index (χ0) is 30.9. The van der Waals surface area contributed by atoms with E-state index in [1.54, 1.807) is 0 Å². The molecule has 0 atom stereocenters. The predicted octanol–water partition coefficient (Wildman–Crippen LogP) is 11.5. The molecule has 10 rings (SSSR count). The first kappa shape index (κ1) is 26.0. The lowest BCUT2D eigenvalue weighted by Crippen LogP contribution is -1.92. The van der Waals surface area contributed by atoms with E-state index in [1.807, 2.05) is 12.1 Å². The predicted molar refractivity (Wildman–Crippen MR) is 197 cm³/mol. The fourth-order valence-corrected chi connectivity index (χ4v) is 7.34. The Kier molecular flexibility index (Phi) is 5.57. The van der Waals surface area contributed by atoms with Crippen LogP contribution >= 0.6 is 0 Å². The third kappa shape index (κ3) is 4.00. The van der Waals surface area contributed by atoms with Gasteiger partial charge in [0.05, 0.1) is 22.2 Å². The molecular formula is C44H27N3. The van der Waals surface area contributed by atoms with Crippen LogP contribution in [-0.2, 0) is 0 Å². The van der Waals surface area contributed by atoms with Crippen molar-refractivity contribution in [2.24, 2.45) is 0 Å². The molecule has 0 unspecified atom stereocenters. The van der Waals surface area contributed by atoms with Gasteiger partial charge >= 0.3 is 0 Å². The topological polar surface area (TPSA) is 30.2 Å². The van der Waals surface area contributed by atoms with E-state index < -0.39 is 0 Å². The Morgan fingerprint density at radius 2 is 0.979 bits per heavy atom. The standard InChI is InChI=1S/C44H27N3/c1-7-18-39-28(10-1)21-24-40(45-39)43-42-25-22-29-11-2-8-19-41(29)47(42)44(46-43)32-13-9-12-30(26-32)31-20-23-37-35-16-4-3-14-33(35)34-15-5-6-17-36(34)38(37)27-31/h1-27H. The minimum absolute atomic E-state index is 0.868. The average molecular weight is 598 g/mol. The molecule has 0 bridgehead atoms. The number of imidazole rings is 1. The molecule has 0 saturated carbocycles. The Hall–Kier alpha value is -6.32. The molecule has 0 amide bonds. The number of hydrogen-bond acceptors (Lipinski definition) is 2. The summed E-state index contributed by atoms with van der Waals surface area (Å²) in [6.45, 7) is 0. The number of nitrogens with zero attached hydrogens (tertiary/aromatic N) is 3. The summed E-state index contributed by atoms with van der Waals surface area (Å²) in [6.07, 6.45) is 0. The fraction of sp³-hybridized carbons (Fsp3) is 0. The van der Waals surface area contributed by atoms with Crippen LogP contribution in [-0.4, -0.2) is 14.4 Å². The summed E-state index contributed by atoms with van der Waals surface area (Å²) < 4.78 is 2.29. The molecular weight excluding hydrogens is 571 g/mol. The normalized spacial score (nSPS) is 11.8. The van der Waals surface area contributed by atoms with Crippen LogP contribution in [0.2, 0.25) is 0 Å². The first-order valence-electron chi connectivity index (χ1n) is 16.0. The molecule has 218 valence electrons. The molecule has 3 nitrogen and oxygen atoms in total. The first-order chi connectivity index (χ1) is 23.3. The van der Waals surface area contributed by atoms with Gasteiger partial charge in [-0.1, -0.05) is 127 Å². The maximum Gasteiger partial charge on any atom is 0.145 e. The van der Waals surface area contributed by atoms with Crippen LogP contribution in [0.3, 0.4) is 0 Å². The van der Waals surface area contributed by atoms with Crippen LogP contribution in [0.5, 0.6) is 0 Å². The zero-order valence-electron chi connectivity index (χ0n) is 25.4. The number of hydrogen-bond donors (Lipinski definition) is 0. The highest BCUT2D eigenvalue weighted by molar-refractivity contribution is 6.25. The van der Waals surface area contributed by atoms with Crippen molar-refractivity contribution >= 4 is 59.6 Å². The minimum atomic E-state index is 0.868. The lowest BCUT2D eigenvalue weighted by atomic mass is 9.92. The van der Waals surface area contributed by atoms with Crippen LogP contribution in [0.25, 0.3) is 93.5 Å². The molecule has 7 aromatic carbocycles. The van der Waals surface area contributed by atoms with Gasteiger partial charge in [0.25, 0.3) is 0 Å². The van der Waals surface area contributed by atoms with Crippen LogP contribution < -0.4 is 0 Å². The van der Waals surface area contributed by atoms with Crippen molar-refractivity contribution in [1.82, 2.24) is 14.4 Å². The molecule has 0 aliphatic heterocycles. The van der Waals surface area contributed by atoms with Crippen molar-refractivity contribution in [1.29, 1.82) is 0 Å². The van der Waals surface area contributed by atoms with Crippen molar-refractivity contribution in [3.8, 4) is 33.9 Å². The Morgan fingerprint density at radius 3 is 1.79 bits per heavy atom. The summed E-state index contributed by atoms with van der Waals surface area (Å²) in [5.41, 5.74) is 8.27. The van der Waals surface area contributed by atoms with Gasteiger partial charge in [-0.05, 0) is 85.2 Å². The molecule has 3 heterocycles. The van der Waals surface area contributed by atoms with Gasteiger partial charge in [0.1, 0.15) is 11.5 Å². The van der Waals surface area contributed by atoms with E-state index in [-0.39, 0.29) is 0 Å². The molecule has 0 N–H and O–H groups in total. The number of para-hydroxylation sites is 2. The van der Waals surface area contributed by atoms with E-state index in [2.05, 4.69) is 156 Å². The SMILES string of the molecule is c1cc(-c2ccc3c4ccccc4c4ccccc4c3c2)cc(-c2nc(-c3ccc4ccccc4n3)c3ccc4ccccc4n23)c1. The van der Waals surface area contributed by atoms with E-state index in [9.17, 15) is 0 Å². The molecule has 3 aromatic heterocycles. The number of rotatable bonds is 3. The van der Waals surface area contributed by atoms with E-state index in [1.165, 1.54) is 43.3 Å². The van der Waals surface area contributed by atoms with Gasteiger partial charge in [0.15, 0.2) is 0 Å². The number of fused-ring (bicyclic) bond motifs is 10. The molecule has 10 aromatic rings. The minimum Gasteiger partial charge on any atom is -0.292 e. The molecule has 0 fully saturated rings. The second kappa shape index (κ2) is 10.1. The highest BCUT2D eigenvalue weighted by Crippen LogP contribution is 2.38. The lowest BCUT2D eigenvalue weighted by molar-refractivity contribution is 1.21. The van der Waals surface area contributed by atoms with Crippen molar-refractivity contribution in [2.75, 3.05) is 0 Å². The van der Waals surface area contributed by atoms with Crippen LogP contribution in [0.4, 0.5) is 0 Å². The maximum atomic E-state index is 5.35. The van der Waals surface area contributed by atoms with Crippen LogP contribution in [0, 0.1) is 0 Å². The van der Waals surface area contributed by atoms with Gasteiger partial charge in [-0.15, -0.1) is 0 Å². The van der Waals surface area contributed by atoms with Gasteiger partial charge in [-0.2, -0.15) is 0 Å². The van der Waals surface area contributed by atoms with Gasteiger partial charge in [0, 0.05) is 10.9 Å².